The van der Waals surface area contributed by atoms with Gasteiger partial charge >= 0.3 is 5.97 Å². The second-order valence-corrected chi connectivity index (χ2v) is 6.44. The van der Waals surface area contributed by atoms with Crippen LogP contribution < -0.4 is 10.1 Å². The molecule has 0 aliphatic carbocycles. The fourth-order valence-corrected chi connectivity index (χ4v) is 2.82. The molecule has 1 aliphatic rings. The van der Waals surface area contributed by atoms with Gasteiger partial charge in [-0.15, -0.1) is 0 Å². The Bertz CT molecular complexity index is 664. The Hall–Kier alpha value is -2.24. The zero-order chi connectivity index (χ0) is 20.8. The number of rotatable bonds is 7. The van der Waals surface area contributed by atoms with Crippen LogP contribution in [0.5, 0.6) is 5.75 Å². The molecule has 0 radical (unpaired) electrons. The fourth-order valence-electron chi connectivity index (χ4n) is 2.82. The number of aliphatic hydroxyl groups excluding tert-OH is 4. The van der Waals surface area contributed by atoms with Gasteiger partial charge in [-0.05, 0) is 17.7 Å². The number of aliphatic hydroxyl groups is 4. The zero-order valence-electron chi connectivity index (χ0n) is 15.5. The van der Waals surface area contributed by atoms with E-state index in [1.54, 1.807) is 24.3 Å². The van der Waals surface area contributed by atoms with Gasteiger partial charge in [-0.25, -0.2) is 4.79 Å². The van der Waals surface area contributed by atoms with Crippen LogP contribution in [0.4, 0.5) is 0 Å². The molecule has 0 spiro atoms. The van der Waals surface area contributed by atoms with E-state index in [-0.39, 0.29) is 12.3 Å². The summed E-state index contributed by atoms with van der Waals surface area (Å²) in [6, 6.07) is 5.58. The molecule has 1 heterocycles. The average Bonchev–Trinajstić information content (AvgIpc) is 2.68. The van der Waals surface area contributed by atoms with Gasteiger partial charge in [0.2, 0.25) is 12.2 Å². The third kappa shape index (κ3) is 5.40. The van der Waals surface area contributed by atoms with Gasteiger partial charge in [0.1, 0.15) is 36.2 Å². The molecule has 1 saturated heterocycles. The fraction of sp³-hybridized carbons (Fsp3) is 0.556. The summed E-state index contributed by atoms with van der Waals surface area (Å²) < 4.78 is 15.4. The topological polar surface area (TPSA) is 155 Å². The lowest BCUT2D eigenvalue weighted by Crippen LogP contribution is -2.60. The molecule has 10 heteroatoms. The van der Waals surface area contributed by atoms with Crippen molar-refractivity contribution in [3.63, 3.8) is 0 Å². The highest BCUT2D eigenvalue weighted by Crippen LogP contribution is 2.24. The number of methoxy groups -OCH3 is 1. The van der Waals surface area contributed by atoms with Gasteiger partial charge in [-0.2, -0.15) is 0 Å². The molecule has 0 saturated carbocycles. The van der Waals surface area contributed by atoms with Crippen LogP contribution in [0.15, 0.2) is 24.3 Å². The average molecular weight is 399 g/mol. The van der Waals surface area contributed by atoms with Crippen LogP contribution in [-0.2, 0) is 25.5 Å². The number of hydrogen-bond acceptors (Lipinski definition) is 9. The lowest BCUT2D eigenvalue weighted by atomic mass is 9.99. The largest absolute Gasteiger partial charge is 0.467 e. The SMILES string of the molecule is COC(=O)[C@H](Cc1ccc(OC2O[C@H](CO)[C@@H](O)[C@H](O)[C@H]2O)cc1)NC(C)=O. The number of hydrogen-bond donors (Lipinski definition) is 5. The van der Waals surface area contributed by atoms with Crippen LogP contribution in [-0.4, -0.2) is 82.8 Å². The van der Waals surface area contributed by atoms with E-state index in [2.05, 4.69) is 10.1 Å². The van der Waals surface area contributed by atoms with Gasteiger partial charge in [-0.3, -0.25) is 4.79 Å². The van der Waals surface area contributed by atoms with E-state index in [0.29, 0.717) is 11.3 Å². The smallest absolute Gasteiger partial charge is 0.328 e. The van der Waals surface area contributed by atoms with E-state index in [9.17, 15) is 30.0 Å². The molecular formula is C18H25NO9. The van der Waals surface area contributed by atoms with E-state index >= 15 is 0 Å². The highest BCUT2D eigenvalue weighted by Gasteiger charge is 2.44. The molecule has 0 aromatic heterocycles. The van der Waals surface area contributed by atoms with E-state index in [4.69, 9.17) is 9.47 Å². The number of amides is 1. The molecule has 2 rings (SSSR count). The van der Waals surface area contributed by atoms with Crippen molar-refractivity contribution in [2.24, 2.45) is 0 Å². The van der Waals surface area contributed by atoms with Crippen LogP contribution in [0.1, 0.15) is 12.5 Å². The van der Waals surface area contributed by atoms with Crippen molar-refractivity contribution in [1.29, 1.82) is 0 Å². The predicted octanol–water partition coefficient (Wildman–Crippen LogP) is -1.91. The monoisotopic (exact) mass is 399 g/mol. The van der Waals surface area contributed by atoms with Crippen molar-refractivity contribution < 1.29 is 44.2 Å². The number of esters is 1. The Balaban J connectivity index is 2.03. The molecule has 28 heavy (non-hydrogen) atoms. The van der Waals surface area contributed by atoms with Crippen molar-refractivity contribution >= 4 is 11.9 Å². The molecule has 1 amide bonds. The lowest BCUT2D eigenvalue weighted by Gasteiger charge is -2.39. The maximum absolute atomic E-state index is 11.8. The normalized spacial score (nSPS) is 28.3. The number of carbonyl (C=O) groups excluding carboxylic acids is 2. The number of nitrogens with one attached hydrogen (secondary N) is 1. The molecule has 1 fully saturated rings. The summed E-state index contributed by atoms with van der Waals surface area (Å²) in [5.41, 5.74) is 0.713. The number of benzene rings is 1. The molecule has 1 aromatic carbocycles. The summed E-state index contributed by atoms with van der Waals surface area (Å²) in [7, 11) is 1.23. The molecule has 1 aromatic rings. The minimum absolute atomic E-state index is 0.201. The van der Waals surface area contributed by atoms with Gasteiger partial charge in [0.05, 0.1) is 13.7 Å². The maximum atomic E-state index is 11.8. The van der Waals surface area contributed by atoms with Crippen LogP contribution in [0.3, 0.4) is 0 Å². The Morgan fingerprint density at radius 1 is 1.14 bits per heavy atom. The zero-order valence-corrected chi connectivity index (χ0v) is 15.5. The second-order valence-electron chi connectivity index (χ2n) is 6.44. The lowest BCUT2D eigenvalue weighted by molar-refractivity contribution is -0.277. The molecular weight excluding hydrogens is 374 g/mol. The number of ether oxygens (including phenoxy) is 3. The first-order valence-electron chi connectivity index (χ1n) is 8.67. The Morgan fingerprint density at radius 2 is 1.79 bits per heavy atom. The third-order valence-electron chi connectivity index (χ3n) is 4.33. The van der Waals surface area contributed by atoms with E-state index < -0.39 is 49.3 Å². The van der Waals surface area contributed by atoms with Gasteiger partial charge in [0.25, 0.3) is 0 Å². The molecule has 1 aliphatic heterocycles. The maximum Gasteiger partial charge on any atom is 0.328 e. The predicted molar refractivity (Wildman–Crippen MR) is 94.2 cm³/mol. The Kier molecular flexibility index (Phi) is 7.72. The van der Waals surface area contributed by atoms with E-state index in [1.807, 2.05) is 0 Å². The summed E-state index contributed by atoms with van der Waals surface area (Å²) in [4.78, 5) is 23.0. The summed E-state index contributed by atoms with van der Waals surface area (Å²) >= 11 is 0. The number of carbonyl (C=O) groups is 2. The van der Waals surface area contributed by atoms with E-state index in [1.165, 1.54) is 14.0 Å². The first kappa shape index (κ1) is 22.1. The quantitative estimate of drug-likeness (QED) is 0.330. The van der Waals surface area contributed by atoms with Crippen LogP contribution in [0.2, 0.25) is 0 Å². The first-order chi connectivity index (χ1) is 13.3. The molecule has 156 valence electrons. The minimum Gasteiger partial charge on any atom is -0.467 e. The van der Waals surface area contributed by atoms with Crippen molar-refractivity contribution in [1.82, 2.24) is 5.32 Å². The van der Waals surface area contributed by atoms with E-state index in [0.717, 1.165) is 0 Å². The second kappa shape index (κ2) is 9.80. The highest BCUT2D eigenvalue weighted by atomic mass is 16.7. The van der Waals surface area contributed by atoms with Crippen molar-refractivity contribution in [2.75, 3.05) is 13.7 Å². The molecule has 5 N–H and O–H groups in total. The van der Waals surface area contributed by atoms with Crippen LogP contribution in [0.25, 0.3) is 0 Å². The summed E-state index contributed by atoms with van der Waals surface area (Å²) in [5, 5.41) is 41.3. The highest BCUT2D eigenvalue weighted by molar-refractivity contribution is 5.83. The Labute approximate surface area is 161 Å². The molecule has 6 atom stereocenters. The molecule has 1 unspecified atom stereocenters. The summed E-state index contributed by atoms with van der Waals surface area (Å²) in [5.74, 6) is -0.642. The Morgan fingerprint density at radius 3 is 2.32 bits per heavy atom. The standard InChI is InChI=1S/C18H25NO9/c1-9(21)19-12(17(25)26-2)7-10-3-5-11(6-4-10)27-18-16(24)15(23)14(22)13(8-20)28-18/h3-6,12-16,18,20,22-24H,7-8H2,1-2H3,(H,19,21)/t12-,13+,14+,15-,16+,18?/m0/s1. The first-order valence-corrected chi connectivity index (χ1v) is 8.67. The summed E-state index contributed by atoms with van der Waals surface area (Å²) in [6.45, 7) is 0.745. The van der Waals surface area contributed by atoms with Crippen molar-refractivity contribution in [3.05, 3.63) is 29.8 Å². The molecule has 10 nitrogen and oxygen atoms in total. The van der Waals surface area contributed by atoms with Gasteiger partial charge in [0, 0.05) is 13.3 Å². The minimum atomic E-state index is -1.53. The van der Waals surface area contributed by atoms with Gasteiger partial charge < -0.3 is 40.0 Å². The van der Waals surface area contributed by atoms with Crippen LogP contribution in [0, 0.1) is 0 Å². The van der Waals surface area contributed by atoms with Crippen LogP contribution >= 0.6 is 0 Å². The molecule has 0 bridgehead atoms. The van der Waals surface area contributed by atoms with Crippen molar-refractivity contribution in [2.45, 2.75) is 50.1 Å². The van der Waals surface area contributed by atoms with Crippen molar-refractivity contribution in [3.8, 4) is 5.75 Å². The summed E-state index contributed by atoms with van der Waals surface area (Å²) in [6.07, 6.45) is -6.67. The van der Waals surface area contributed by atoms with Gasteiger partial charge in [0.15, 0.2) is 0 Å². The third-order valence-corrected chi connectivity index (χ3v) is 4.33. The van der Waals surface area contributed by atoms with Gasteiger partial charge in [-0.1, -0.05) is 12.1 Å².